The molecular formula is C19H20N4O2S. The van der Waals surface area contributed by atoms with E-state index < -0.39 is 0 Å². The molecule has 1 aromatic heterocycles. The van der Waals surface area contributed by atoms with Gasteiger partial charge in [-0.2, -0.15) is 4.98 Å². The van der Waals surface area contributed by atoms with E-state index >= 15 is 0 Å². The normalized spacial score (nSPS) is 10.4. The molecule has 1 heterocycles. The highest BCUT2D eigenvalue weighted by atomic mass is 32.1. The highest BCUT2D eigenvalue weighted by Crippen LogP contribution is 2.19. The van der Waals surface area contributed by atoms with Gasteiger partial charge in [0.05, 0.1) is 13.7 Å². The number of aromatic nitrogens is 2. The van der Waals surface area contributed by atoms with Crippen molar-refractivity contribution in [1.82, 2.24) is 15.5 Å². The van der Waals surface area contributed by atoms with Gasteiger partial charge in [0.15, 0.2) is 5.11 Å². The monoisotopic (exact) mass is 368 g/mol. The molecule has 3 rings (SSSR count). The Balaban J connectivity index is 1.54. The van der Waals surface area contributed by atoms with Gasteiger partial charge in [-0.3, -0.25) is 0 Å². The molecule has 0 aliphatic rings. The van der Waals surface area contributed by atoms with E-state index in [0.29, 0.717) is 23.4 Å². The number of anilines is 1. The lowest BCUT2D eigenvalue weighted by atomic mass is 10.1. The summed E-state index contributed by atoms with van der Waals surface area (Å²) in [5.74, 6) is 1.77. The summed E-state index contributed by atoms with van der Waals surface area (Å²) in [4.78, 5) is 4.37. The molecule has 3 aromatic rings. The van der Waals surface area contributed by atoms with Crippen LogP contribution in [0.15, 0.2) is 53.1 Å². The molecule has 0 aliphatic carbocycles. The van der Waals surface area contributed by atoms with Gasteiger partial charge in [0.1, 0.15) is 5.75 Å². The predicted molar refractivity (Wildman–Crippen MR) is 105 cm³/mol. The van der Waals surface area contributed by atoms with Crippen molar-refractivity contribution in [3.63, 3.8) is 0 Å². The van der Waals surface area contributed by atoms with Crippen LogP contribution >= 0.6 is 12.2 Å². The van der Waals surface area contributed by atoms with Gasteiger partial charge in [-0.15, -0.1) is 0 Å². The minimum atomic E-state index is 0.349. The Morgan fingerprint density at radius 1 is 1.12 bits per heavy atom. The summed E-state index contributed by atoms with van der Waals surface area (Å²) in [6.07, 6.45) is 1.01. The van der Waals surface area contributed by atoms with Crippen molar-refractivity contribution >= 4 is 23.0 Å². The summed E-state index contributed by atoms with van der Waals surface area (Å²) in [7, 11) is 1.63. The van der Waals surface area contributed by atoms with Gasteiger partial charge in [-0.25, -0.2) is 0 Å². The Hall–Kier alpha value is -2.93. The van der Waals surface area contributed by atoms with Crippen molar-refractivity contribution in [2.75, 3.05) is 12.4 Å². The van der Waals surface area contributed by atoms with Crippen molar-refractivity contribution < 1.29 is 9.26 Å². The van der Waals surface area contributed by atoms with Crippen molar-refractivity contribution in [2.45, 2.75) is 19.9 Å². The third-order valence-electron chi connectivity index (χ3n) is 3.84. The second-order valence-corrected chi connectivity index (χ2v) is 6.01. The summed E-state index contributed by atoms with van der Waals surface area (Å²) in [6, 6.07) is 15.6. The van der Waals surface area contributed by atoms with Gasteiger partial charge in [-0.1, -0.05) is 24.2 Å². The van der Waals surface area contributed by atoms with E-state index in [1.165, 1.54) is 5.56 Å². The summed E-state index contributed by atoms with van der Waals surface area (Å²) in [5, 5.41) is 10.7. The second-order valence-electron chi connectivity index (χ2n) is 5.60. The number of aryl methyl sites for hydroxylation is 1. The third-order valence-corrected chi connectivity index (χ3v) is 4.08. The first-order chi connectivity index (χ1) is 12.7. The average Bonchev–Trinajstić information content (AvgIpc) is 3.16. The zero-order valence-corrected chi connectivity index (χ0v) is 15.5. The first kappa shape index (κ1) is 17.9. The molecule has 7 heteroatoms. The number of benzene rings is 2. The first-order valence-electron chi connectivity index (χ1n) is 8.28. The van der Waals surface area contributed by atoms with Gasteiger partial charge in [0, 0.05) is 11.3 Å². The van der Waals surface area contributed by atoms with E-state index in [1.807, 2.05) is 36.4 Å². The molecule has 0 bridgehead atoms. The molecule has 134 valence electrons. The van der Waals surface area contributed by atoms with E-state index in [-0.39, 0.29) is 0 Å². The maximum Gasteiger partial charge on any atom is 0.246 e. The molecule has 0 radical (unpaired) electrons. The fourth-order valence-corrected chi connectivity index (χ4v) is 2.53. The van der Waals surface area contributed by atoms with Crippen LogP contribution in [0.3, 0.4) is 0 Å². The van der Waals surface area contributed by atoms with Gasteiger partial charge in [-0.05, 0) is 60.6 Å². The van der Waals surface area contributed by atoms with E-state index in [0.717, 1.165) is 23.4 Å². The quantitative estimate of drug-likeness (QED) is 0.641. The van der Waals surface area contributed by atoms with E-state index in [4.69, 9.17) is 21.5 Å². The number of rotatable bonds is 6. The molecule has 2 N–H and O–H groups in total. The highest BCUT2D eigenvalue weighted by Gasteiger charge is 2.09. The van der Waals surface area contributed by atoms with Crippen molar-refractivity contribution in [3.05, 3.63) is 60.0 Å². The van der Waals surface area contributed by atoms with Gasteiger partial charge >= 0.3 is 0 Å². The molecule has 0 aliphatic heterocycles. The van der Waals surface area contributed by atoms with Crippen molar-refractivity contribution in [2.24, 2.45) is 0 Å². The minimum absolute atomic E-state index is 0.349. The summed E-state index contributed by atoms with van der Waals surface area (Å²) in [5.41, 5.74) is 3.08. The number of hydrogen-bond donors (Lipinski definition) is 2. The molecule has 26 heavy (non-hydrogen) atoms. The maximum absolute atomic E-state index is 5.30. The molecule has 0 spiro atoms. The van der Waals surface area contributed by atoms with Gasteiger partial charge in [0.2, 0.25) is 11.7 Å². The van der Waals surface area contributed by atoms with Crippen LogP contribution < -0.4 is 15.4 Å². The van der Waals surface area contributed by atoms with Crippen LogP contribution in [0.1, 0.15) is 18.4 Å². The van der Waals surface area contributed by atoms with Crippen LogP contribution in [-0.4, -0.2) is 22.4 Å². The number of thiocarbonyl (C=S) groups is 1. The molecule has 0 saturated heterocycles. The number of hydrogen-bond acceptors (Lipinski definition) is 5. The van der Waals surface area contributed by atoms with Crippen LogP contribution in [0.25, 0.3) is 11.4 Å². The summed E-state index contributed by atoms with van der Waals surface area (Å²) < 4.78 is 10.4. The number of nitrogens with zero attached hydrogens (tertiary/aromatic N) is 2. The van der Waals surface area contributed by atoms with Crippen LogP contribution in [-0.2, 0) is 13.0 Å². The third kappa shape index (κ3) is 4.58. The maximum atomic E-state index is 5.30. The highest BCUT2D eigenvalue weighted by molar-refractivity contribution is 7.80. The standard InChI is InChI=1S/C19H20N4O2S/c1-3-13-4-8-15(9-5-13)21-19(26)20-12-17-22-18(23-25-17)14-6-10-16(24-2)11-7-14/h4-11H,3,12H2,1-2H3,(H2,20,21,26). The molecule has 0 unspecified atom stereocenters. The summed E-state index contributed by atoms with van der Waals surface area (Å²) >= 11 is 5.30. The molecule has 6 nitrogen and oxygen atoms in total. The number of methoxy groups -OCH3 is 1. The van der Waals surface area contributed by atoms with Crippen LogP contribution in [0, 0.1) is 0 Å². The predicted octanol–water partition coefficient (Wildman–Crippen LogP) is 3.79. The van der Waals surface area contributed by atoms with E-state index in [1.54, 1.807) is 7.11 Å². The molecular weight excluding hydrogens is 348 g/mol. The second kappa shape index (κ2) is 8.44. The average molecular weight is 368 g/mol. The zero-order chi connectivity index (χ0) is 18.4. The topological polar surface area (TPSA) is 72.2 Å². The SMILES string of the molecule is CCc1ccc(NC(=S)NCc2nc(-c3ccc(OC)cc3)no2)cc1. The molecule has 2 aromatic carbocycles. The van der Waals surface area contributed by atoms with Crippen LogP contribution in [0.2, 0.25) is 0 Å². The Kier molecular flexibility index (Phi) is 5.80. The molecule has 0 atom stereocenters. The first-order valence-corrected chi connectivity index (χ1v) is 8.69. The van der Waals surface area contributed by atoms with E-state index in [9.17, 15) is 0 Å². The van der Waals surface area contributed by atoms with Gasteiger partial charge in [0.25, 0.3) is 0 Å². The Morgan fingerprint density at radius 2 is 1.85 bits per heavy atom. The number of nitrogens with one attached hydrogen (secondary N) is 2. The Bertz CT molecular complexity index is 860. The van der Waals surface area contributed by atoms with Gasteiger partial charge < -0.3 is 19.9 Å². The fourth-order valence-electron chi connectivity index (χ4n) is 2.34. The lowest BCUT2D eigenvalue weighted by Gasteiger charge is -2.09. The fraction of sp³-hybridized carbons (Fsp3) is 0.211. The molecule has 0 fully saturated rings. The molecule has 0 amide bonds. The van der Waals surface area contributed by atoms with Crippen LogP contribution in [0.4, 0.5) is 5.69 Å². The van der Waals surface area contributed by atoms with Crippen LogP contribution in [0.5, 0.6) is 5.75 Å². The zero-order valence-electron chi connectivity index (χ0n) is 14.7. The molecule has 0 saturated carbocycles. The van der Waals surface area contributed by atoms with Crippen molar-refractivity contribution in [1.29, 1.82) is 0 Å². The number of ether oxygens (including phenoxy) is 1. The largest absolute Gasteiger partial charge is 0.497 e. The summed E-state index contributed by atoms with van der Waals surface area (Å²) in [6.45, 7) is 2.47. The smallest absolute Gasteiger partial charge is 0.246 e. The minimum Gasteiger partial charge on any atom is -0.497 e. The Morgan fingerprint density at radius 3 is 2.50 bits per heavy atom. The lowest BCUT2D eigenvalue weighted by molar-refractivity contribution is 0.376. The van der Waals surface area contributed by atoms with E-state index in [2.05, 4.69) is 39.8 Å². The lowest BCUT2D eigenvalue weighted by Crippen LogP contribution is -2.28. The van der Waals surface area contributed by atoms with Crippen molar-refractivity contribution in [3.8, 4) is 17.1 Å². The Labute approximate surface area is 157 Å².